The number of H-pyrrole nitrogens is 1. The lowest BCUT2D eigenvalue weighted by Gasteiger charge is -2.04. The lowest BCUT2D eigenvalue weighted by Crippen LogP contribution is -2.00. The minimum Gasteiger partial charge on any atom is -0.345 e. The van der Waals surface area contributed by atoms with Crippen LogP contribution in [0.25, 0.3) is 22.2 Å². The van der Waals surface area contributed by atoms with E-state index in [1.165, 1.54) is 0 Å². The van der Waals surface area contributed by atoms with Gasteiger partial charge in [0.1, 0.15) is 5.65 Å². The number of rotatable bonds is 3. The summed E-state index contributed by atoms with van der Waals surface area (Å²) in [6, 6.07) is 10.5. The van der Waals surface area contributed by atoms with Crippen LogP contribution in [0.2, 0.25) is 10.0 Å². The van der Waals surface area contributed by atoms with Crippen LogP contribution in [-0.4, -0.2) is 20.7 Å². The number of ketones is 1. The fourth-order valence-electron chi connectivity index (χ4n) is 2.72. The number of hydrogen-bond acceptors (Lipinski definition) is 3. The summed E-state index contributed by atoms with van der Waals surface area (Å²) >= 11 is 12.0. The van der Waals surface area contributed by atoms with Crippen molar-refractivity contribution in [3.63, 3.8) is 0 Å². The molecule has 0 aliphatic carbocycles. The summed E-state index contributed by atoms with van der Waals surface area (Å²) in [5.74, 6) is -0.166. The highest BCUT2D eigenvalue weighted by Crippen LogP contribution is 2.27. The van der Waals surface area contributed by atoms with Crippen LogP contribution < -0.4 is 0 Å². The molecule has 3 aromatic heterocycles. The van der Waals surface area contributed by atoms with E-state index in [2.05, 4.69) is 15.0 Å². The Morgan fingerprint density at radius 3 is 2.52 bits per heavy atom. The van der Waals surface area contributed by atoms with Gasteiger partial charge in [-0.2, -0.15) is 0 Å². The number of fused-ring (bicyclic) bond motifs is 1. The molecule has 4 nitrogen and oxygen atoms in total. The summed E-state index contributed by atoms with van der Waals surface area (Å²) in [7, 11) is 0. The maximum Gasteiger partial charge on any atom is 0.195 e. The first-order valence-corrected chi connectivity index (χ1v) is 8.26. The fourth-order valence-corrected chi connectivity index (χ4v) is 3.25. The maximum atomic E-state index is 12.9. The van der Waals surface area contributed by atoms with E-state index >= 15 is 0 Å². The van der Waals surface area contributed by atoms with Crippen LogP contribution in [0.1, 0.15) is 15.9 Å². The first-order valence-electron chi connectivity index (χ1n) is 7.50. The molecule has 1 N–H and O–H groups in total. The number of nitrogens with zero attached hydrogens (tertiary/aromatic N) is 2. The molecule has 1 aromatic carbocycles. The molecule has 0 aliphatic heterocycles. The van der Waals surface area contributed by atoms with Crippen molar-refractivity contribution < 1.29 is 4.79 Å². The largest absolute Gasteiger partial charge is 0.345 e. The van der Waals surface area contributed by atoms with Crippen molar-refractivity contribution in [3.05, 3.63) is 82.4 Å². The van der Waals surface area contributed by atoms with E-state index in [0.717, 1.165) is 16.5 Å². The third-order valence-electron chi connectivity index (χ3n) is 3.90. The highest BCUT2D eigenvalue weighted by atomic mass is 35.5. The Bertz CT molecular complexity index is 1070. The molecule has 122 valence electrons. The first-order chi connectivity index (χ1) is 12.1. The van der Waals surface area contributed by atoms with Gasteiger partial charge < -0.3 is 4.98 Å². The zero-order valence-electron chi connectivity index (χ0n) is 12.8. The van der Waals surface area contributed by atoms with Crippen molar-refractivity contribution in [1.29, 1.82) is 0 Å². The highest BCUT2D eigenvalue weighted by Gasteiger charge is 2.16. The molecule has 0 radical (unpaired) electrons. The summed E-state index contributed by atoms with van der Waals surface area (Å²) in [6.45, 7) is 0. The molecule has 6 heteroatoms. The van der Waals surface area contributed by atoms with Crippen molar-refractivity contribution in [2.45, 2.75) is 0 Å². The average molecular weight is 368 g/mol. The minimum atomic E-state index is -0.166. The van der Waals surface area contributed by atoms with E-state index < -0.39 is 0 Å². The molecule has 0 spiro atoms. The molecule has 0 amide bonds. The Balaban J connectivity index is 1.83. The van der Waals surface area contributed by atoms with Gasteiger partial charge in [0.25, 0.3) is 0 Å². The molecule has 0 saturated heterocycles. The van der Waals surface area contributed by atoms with Gasteiger partial charge in [0.05, 0.1) is 0 Å². The van der Waals surface area contributed by atoms with Crippen LogP contribution in [0.4, 0.5) is 0 Å². The number of aromatic amines is 1. The highest BCUT2D eigenvalue weighted by molar-refractivity contribution is 6.35. The normalized spacial score (nSPS) is 11.0. The number of aromatic nitrogens is 3. The van der Waals surface area contributed by atoms with Crippen LogP contribution in [-0.2, 0) is 0 Å². The summed E-state index contributed by atoms with van der Waals surface area (Å²) in [5, 5.41) is 1.58. The van der Waals surface area contributed by atoms with Gasteiger partial charge in [0.2, 0.25) is 0 Å². The van der Waals surface area contributed by atoms with Gasteiger partial charge in [-0.15, -0.1) is 0 Å². The van der Waals surface area contributed by atoms with Crippen LogP contribution in [0.5, 0.6) is 0 Å². The lowest BCUT2D eigenvalue weighted by molar-refractivity contribution is 0.104. The summed E-state index contributed by atoms with van der Waals surface area (Å²) in [4.78, 5) is 24.5. The van der Waals surface area contributed by atoms with Gasteiger partial charge in [0, 0.05) is 62.5 Å². The topological polar surface area (TPSA) is 58.6 Å². The monoisotopic (exact) mass is 367 g/mol. The lowest BCUT2D eigenvalue weighted by atomic mass is 10.0. The quantitative estimate of drug-likeness (QED) is 0.508. The number of carbonyl (C=O) groups is 1. The predicted octanol–water partition coefficient (Wildman–Crippen LogP) is 5.16. The predicted molar refractivity (Wildman–Crippen MR) is 99.2 cm³/mol. The Kier molecular flexibility index (Phi) is 3.99. The number of pyridine rings is 2. The fraction of sp³-hybridized carbons (Fsp3) is 0. The Hall–Kier alpha value is -2.69. The van der Waals surface area contributed by atoms with Gasteiger partial charge in [-0.3, -0.25) is 9.78 Å². The standard InChI is InChI=1S/C19H11Cl2N3O/c20-14-4-12(5-15(21)7-14)18(25)17-10-24-19-16(17)6-13(9-23-19)11-2-1-3-22-8-11/h1-10H,(H,23,24). The molecule has 0 fully saturated rings. The second-order valence-corrected chi connectivity index (χ2v) is 6.42. The van der Waals surface area contributed by atoms with Gasteiger partial charge in [-0.25, -0.2) is 4.98 Å². The first kappa shape index (κ1) is 15.8. The Morgan fingerprint density at radius 1 is 1.00 bits per heavy atom. The maximum absolute atomic E-state index is 12.9. The number of halogens is 2. The molecule has 4 rings (SSSR count). The SMILES string of the molecule is O=C(c1cc(Cl)cc(Cl)c1)c1c[nH]c2ncc(-c3cccnc3)cc12. The van der Waals surface area contributed by atoms with Gasteiger partial charge >= 0.3 is 0 Å². The second-order valence-electron chi connectivity index (χ2n) is 5.55. The molecule has 0 unspecified atom stereocenters. The molecule has 3 heterocycles. The van der Waals surface area contributed by atoms with Crippen molar-refractivity contribution in [2.24, 2.45) is 0 Å². The molecule has 0 bridgehead atoms. The minimum absolute atomic E-state index is 0.166. The number of carbonyl (C=O) groups excluding carboxylic acids is 1. The molecule has 25 heavy (non-hydrogen) atoms. The number of benzene rings is 1. The van der Waals surface area contributed by atoms with Crippen molar-refractivity contribution in [3.8, 4) is 11.1 Å². The molecule has 0 atom stereocenters. The van der Waals surface area contributed by atoms with Gasteiger partial charge in [-0.1, -0.05) is 29.3 Å². The Labute approximate surface area is 153 Å². The second kappa shape index (κ2) is 6.31. The van der Waals surface area contributed by atoms with Gasteiger partial charge in [0.15, 0.2) is 5.78 Å². The van der Waals surface area contributed by atoms with Crippen molar-refractivity contribution in [1.82, 2.24) is 15.0 Å². The van der Waals surface area contributed by atoms with E-state index in [-0.39, 0.29) is 5.78 Å². The van der Waals surface area contributed by atoms with E-state index in [0.29, 0.717) is 26.8 Å². The molecular weight excluding hydrogens is 357 g/mol. The summed E-state index contributed by atoms with van der Waals surface area (Å²) in [6.07, 6.45) is 6.87. The van der Waals surface area contributed by atoms with E-state index in [1.807, 2.05) is 18.2 Å². The Morgan fingerprint density at radius 2 is 1.80 bits per heavy atom. The van der Waals surface area contributed by atoms with E-state index in [9.17, 15) is 4.79 Å². The van der Waals surface area contributed by atoms with Crippen molar-refractivity contribution in [2.75, 3.05) is 0 Å². The average Bonchev–Trinajstić information content (AvgIpc) is 3.04. The summed E-state index contributed by atoms with van der Waals surface area (Å²) < 4.78 is 0. The van der Waals surface area contributed by atoms with Crippen LogP contribution in [0, 0.1) is 0 Å². The third-order valence-corrected chi connectivity index (χ3v) is 4.33. The number of hydrogen-bond donors (Lipinski definition) is 1. The van der Waals surface area contributed by atoms with Gasteiger partial charge in [-0.05, 0) is 30.3 Å². The third kappa shape index (κ3) is 3.02. The molecule has 0 aliphatic rings. The van der Waals surface area contributed by atoms with E-state index in [1.54, 1.807) is 43.0 Å². The number of nitrogens with one attached hydrogen (secondary N) is 1. The zero-order valence-corrected chi connectivity index (χ0v) is 14.3. The van der Waals surface area contributed by atoms with Crippen molar-refractivity contribution >= 4 is 40.0 Å². The molecular formula is C19H11Cl2N3O. The van der Waals surface area contributed by atoms with Crippen LogP contribution in [0.15, 0.2) is 61.2 Å². The molecule has 0 saturated carbocycles. The molecule has 4 aromatic rings. The zero-order chi connectivity index (χ0) is 17.4. The summed E-state index contributed by atoms with van der Waals surface area (Å²) in [5.41, 5.74) is 3.42. The van der Waals surface area contributed by atoms with E-state index in [4.69, 9.17) is 23.2 Å². The van der Waals surface area contributed by atoms with Crippen LogP contribution >= 0.6 is 23.2 Å². The van der Waals surface area contributed by atoms with Crippen LogP contribution in [0.3, 0.4) is 0 Å². The smallest absolute Gasteiger partial charge is 0.195 e.